The van der Waals surface area contributed by atoms with Gasteiger partial charge in [0.1, 0.15) is 18.1 Å². The lowest BCUT2D eigenvalue weighted by molar-refractivity contribution is 0.0690. The second-order valence-electron chi connectivity index (χ2n) is 4.89. The number of hydrogen-bond acceptors (Lipinski definition) is 3. The molecular weight excluding hydrogens is 360 g/mol. The van der Waals surface area contributed by atoms with Gasteiger partial charge in [-0.15, -0.1) is 0 Å². The van der Waals surface area contributed by atoms with Crippen LogP contribution in [-0.2, 0) is 6.61 Å². The summed E-state index contributed by atoms with van der Waals surface area (Å²) in [6, 6.07) is 16.9. The summed E-state index contributed by atoms with van der Waals surface area (Å²) < 4.78 is 6.74. The van der Waals surface area contributed by atoms with Gasteiger partial charge < -0.3 is 9.84 Å². The average Bonchev–Trinajstić information content (AvgIpc) is 3.05. The minimum atomic E-state index is -1.05. The lowest BCUT2D eigenvalue weighted by Crippen LogP contribution is -1.97. The second-order valence-corrected chi connectivity index (χ2v) is 5.80. The minimum absolute atomic E-state index is 0.0361. The first kappa shape index (κ1) is 15.3. The van der Waals surface area contributed by atoms with Crippen molar-refractivity contribution in [2.24, 2.45) is 0 Å². The first-order valence-electron chi connectivity index (χ1n) is 6.89. The largest absolute Gasteiger partial charge is 0.488 e. The van der Waals surface area contributed by atoms with Gasteiger partial charge in [0, 0.05) is 10.0 Å². The van der Waals surface area contributed by atoms with Gasteiger partial charge in [0.2, 0.25) is 0 Å². The number of ether oxygens (including phenoxy) is 1. The van der Waals surface area contributed by atoms with Gasteiger partial charge in [0.25, 0.3) is 0 Å². The van der Waals surface area contributed by atoms with Crippen molar-refractivity contribution in [1.29, 1.82) is 0 Å². The maximum atomic E-state index is 11.0. The molecule has 0 spiro atoms. The maximum absolute atomic E-state index is 11.0. The molecule has 0 saturated heterocycles. The Morgan fingerprint density at radius 1 is 1.17 bits per heavy atom. The van der Waals surface area contributed by atoms with E-state index in [4.69, 9.17) is 9.84 Å². The van der Waals surface area contributed by atoms with E-state index in [2.05, 4.69) is 26.1 Å². The van der Waals surface area contributed by atoms with Gasteiger partial charge in [-0.25, -0.2) is 4.79 Å². The van der Waals surface area contributed by atoms with Crippen molar-refractivity contribution in [3.05, 3.63) is 70.3 Å². The highest BCUT2D eigenvalue weighted by atomic mass is 79.9. The molecule has 6 heteroatoms. The molecule has 0 amide bonds. The summed E-state index contributed by atoms with van der Waals surface area (Å²) in [6.45, 7) is 0.422. The first-order chi connectivity index (χ1) is 11.1. The number of carbonyl (C=O) groups is 1. The number of hydrogen-bond donors (Lipinski definition) is 2. The topological polar surface area (TPSA) is 75.2 Å². The van der Waals surface area contributed by atoms with Crippen LogP contribution in [0.4, 0.5) is 0 Å². The molecule has 0 aliphatic carbocycles. The molecule has 0 atom stereocenters. The van der Waals surface area contributed by atoms with Gasteiger partial charge in [-0.2, -0.15) is 5.10 Å². The molecule has 23 heavy (non-hydrogen) atoms. The number of halogens is 1. The number of H-pyrrole nitrogens is 1. The van der Waals surface area contributed by atoms with Crippen LogP contribution in [0.1, 0.15) is 16.1 Å². The highest BCUT2D eigenvalue weighted by Crippen LogP contribution is 2.32. The minimum Gasteiger partial charge on any atom is -0.488 e. The molecule has 1 heterocycles. The molecule has 3 rings (SSSR count). The fourth-order valence-electron chi connectivity index (χ4n) is 2.13. The zero-order chi connectivity index (χ0) is 16.2. The molecule has 0 aliphatic rings. The SMILES string of the molecule is O=C(O)c1cc(-c2cc(Br)ccc2OCc2ccccc2)n[nH]1. The predicted molar refractivity (Wildman–Crippen MR) is 89.5 cm³/mol. The molecule has 116 valence electrons. The summed E-state index contributed by atoms with van der Waals surface area (Å²) in [5, 5.41) is 15.6. The van der Waals surface area contributed by atoms with E-state index >= 15 is 0 Å². The van der Waals surface area contributed by atoms with E-state index < -0.39 is 5.97 Å². The number of nitrogens with zero attached hydrogens (tertiary/aromatic N) is 1. The lowest BCUT2D eigenvalue weighted by atomic mass is 10.1. The average molecular weight is 373 g/mol. The van der Waals surface area contributed by atoms with Gasteiger partial charge in [-0.05, 0) is 29.8 Å². The summed E-state index contributed by atoms with van der Waals surface area (Å²) in [4.78, 5) is 11.0. The summed E-state index contributed by atoms with van der Waals surface area (Å²) in [7, 11) is 0. The maximum Gasteiger partial charge on any atom is 0.353 e. The Hall–Kier alpha value is -2.60. The quantitative estimate of drug-likeness (QED) is 0.706. The van der Waals surface area contributed by atoms with Gasteiger partial charge in [-0.1, -0.05) is 46.3 Å². The van der Waals surface area contributed by atoms with Gasteiger partial charge >= 0.3 is 5.97 Å². The number of rotatable bonds is 5. The van der Waals surface area contributed by atoms with Crippen molar-refractivity contribution in [2.45, 2.75) is 6.61 Å². The Morgan fingerprint density at radius 3 is 2.65 bits per heavy atom. The number of carboxylic acids is 1. The molecule has 2 N–H and O–H groups in total. The molecule has 0 aliphatic heterocycles. The molecule has 2 aromatic carbocycles. The number of aromatic carboxylic acids is 1. The van der Waals surface area contributed by atoms with Crippen molar-refractivity contribution >= 4 is 21.9 Å². The molecule has 5 nitrogen and oxygen atoms in total. The third-order valence-corrected chi connectivity index (χ3v) is 3.76. The third kappa shape index (κ3) is 3.60. The van der Waals surface area contributed by atoms with E-state index in [1.165, 1.54) is 6.07 Å². The van der Waals surface area contributed by atoms with Crippen molar-refractivity contribution in [2.75, 3.05) is 0 Å². The Balaban J connectivity index is 1.89. The molecule has 0 fully saturated rings. The zero-order valence-corrected chi connectivity index (χ0v) is 13.6. The number of aromatic nitrogens is 2. The van der Waals surface area contributed by atoms with E-state index in [-0.39, 0.29) is 5.69 Å². The van der Waals surface area contributed by atoms with Crippen LogP contribution in [0.15, 0.2) is 59.1 Å². The van der Waals surface area contributed by atoms with Crippen LogP contribution < -0.4 is 4.74 Å². The molecule has 0 radical (unpaired) electrons. The monoisotopic (exact) mass is 372 g/mol. The summed E-state index contributed by atoms with van der Waals surface area (Å²) in [5.41, 5.74) is 2.33. The fourth-order valence-corrected chi connectivity index (χ4v) is 2.49. The summed E-state index contributed by atoms with van der Waals surface area (Å²) in [5.74, 6) is -0.411. The van der Waals surface area contributed by atoms with E-state index in [9.17, 15) is 4.79 Å². The van der Waals surface area contributed by atoms with Crippen LogP contribution in [0.5, 0.6) is 5.75 Å². The molecule has 3 aromatic rings. The second kappa shape index (κ2) is 6.66. The highest BCUT2D eigenvalue weighted by Gasteiger charge is 2.14. The smallest absolute Gasteiger partial charge is 0.353 e. The Kier molecular flexibility index (Phi) is 4.43. The van der Waals surface area contributed by atoms with Crippen LogP contribution in [0.3, 0.4) is 0 Å². The number of benzene rings is 2. The molecular formula is C17H13BrN2O3. The normalized spacial score (nSPS) is 10.5. The summed E-state index contributed by atoms with van der Waals surface area (Å²) in [6.07, 6.45) is 0. The standard InChI is InChI=1S/C17H13BrN2O3/c18-12-6-7-16(23-10-11-4-2-1-3-5-11)13(8-12)14-9-15(17(21)22)20-19-14/h1-9H,10H2,(H,19,20)(H,21,22). The van der Waals surface area contributed by atoms with Gasteiger partial charge in [0.15, 0.2) is 0 Å². The number of aromatic amines is 1. The zero-order valence-electron chi connectivity index (χ0n) is 12.0. The molecule has 0 bridgehead atoms. The van der Waals surface area contributed by atoms with Crippen LogP contribution in [-0.4, -0.2) is 21.3 Å². The molecule has 0 saturated carbocycles. The van der Waals surface area contributed by atoms with Crippen molar-refractivity contribution in [1.82, 2.24) is 10.2 Å². The van der Waals surface area contributed by atoms with Crippen LogP contribution in [0.2, 0.25) is 0 Å². The summed E-state index contributed by atoms with van der Waals surface area (Å²) >= 11 is 3.42. The Labute approximate surface area is 141 Å². The van der Waals surface area contributed by atoms with E-state index in [0.717, 1.165) is 15.6 Å². The predicted octanol–water partition coefficient (Wildman–Crippen LogP) is 4.12. The van der Waals surface area contributed by atoms with Crippen LogP contribution >= 0.6 is 15.9 Å². The van der Waals surface area contributed by atoms with E-state index in [1.54, 1.807) is 0 Å². The Bertz CT molecular complexity index is 831. The van der Waals surface area contributed by atoms with Crippen molar-refractivity contribution in [3.8, 4) is 17.0 Å². The van der Waals surface area contributed by atoms with Gasteiger partial charge in [0.05, 0.1) is 5.69 Å². The number of carboxylic acid groups (broad SMARTS) is 1. The van der Waals surface area contributed by atoms with E-state index in [1.807, 2.05) is 48.5 Å². The number of nitrogens with one attached hydrogen (secondary N) is 1. The van der Waals surface area contributed by atoms with Crippen LogP contribution in [0, 0.1) is 0 Å². The van der Waals surface area contributed by atoms with E-state index in [0.29, 0.717) is 18.1 Å². The first-order valence-corrected chi connectivity index (χ1v) is 7.68. The Morgan fingerprint density at radius 2 is 1.96 bits per heavy atom. The third-order valence-electron chi connectivity index (χ3n) is 3.26. The van der Waals surface area contributed by atoms with Crippen molar-refractivity contribution in [3.63, 3.8) is 0 Å². The highest BCUT2D eigenvalue weighted by molar-refractivity contribution is 9.10. The molecule has 0 unspecified atom stereocenters. The fraction of sp³-hybridized carbons (Fsp3) is 0.0588. The van der Waals surface area contributed by atoms with Crippen molar-refractivity contribution < 1.29 is 14.6 Å². The molecule has 1 aromatic heterocycles. The lowest BCUT2D eigenvalue weighted by Gasteiger charge is -2.10. The van der Waals surface area contributed by atoms with Gasteiger partial charge in [-0.3, -0.25) is 5.10 Å². The van der Waals surface area contributed by atoms with Crippen LogP contribution in [0.25, 0.3) is 11.3 Å².